The van der Waals surface area contributed by atoms with E-state index in [1.165, 1.54) is 11.8 Å². The molecule has 39 heavy (non-hydrogen) atoms. The van der Waals surface area contributed by atoms with E-state index in [1.54, 1.807) is 24.3 Å². The first-order valence-corrected chi connectivity index (χ1v) is 13.9. The molecule has 212 valence electrons. The van der Waals surface area contributed by atoms with Crippen LogP contribution in [0.4, 0.5) is 5.69 Å². The molecular weight excluding hydrogens is 540 g/mol. The number of carbonyl (C=O) groups excluding carboxylic acids is 3. The van der Waals surface area contributed by atoms with Crippen molar-refractivity contribution in [2.45, 2.75) is 69.2 Å². The van der Waals surface area contributed by atoms with Crippen molar-refractivity contribution >= 4 is 47.5 Å². The zero-order valence-electron chi connectivity index (χ0n) is 22.9. The van der Waals surface area contributed by atoms with Crippen molar-refractivity contribution in [1.82, 2.24) is 25.7 Å². The SMILES string of the molecule is Cl.[C-]#[N+]c1ccc(C(=O)NC2(C(=O)NC(CC(C)C)C(=O)c3nnc(SCCN(C)C)o3)CCCCC2)cc1. The summed E-state index contributed by atoms with van der Waals surface area (Å²) in [6, 6.07) is 5.43. The lowest BCUT2D eigenvalue weighted by Gasteiger charge is -2.37. The maximum absolute atomic E-state index is 13.7. The van der Waals surface area contributed by atoms with Crippen LogP contribution in [0.5, 0.6) is 0 Å². The van der Waals surface area contributed by atoms with Crippen LogP contribution in [0, 0.1) is 12.5 Å². The number of nitrogens with zero attached hydrogens (tertiary/aromatic N) is 4. The molecule has 1 aliphatic rings. The molecule has 0 saturated heterocycles. The number of nitrogens with one attached hydrogen (secondary N) is 2. The predicted octanol–water partition coefficient (Wildman–Crippen LogP) is 4.54. The lowest BCUT2D eigenvalue weighted by Crippen LogP contribution is -2.62. The normalized spacial score (nSPS) is 15.2. The van der Waals surface area contributed by atoms with Gasteiger partial charge in [0, 0.05) is 17.9 Å². The third-order valence-electron chi connectivity index (χ3n) is 6.46. The Morgan fingerprint density at radius 1 is 1.13 bits per heavy atom. The van der Waals surface area contributed by atoms with Gasteiger partial charge in [-0.25, -0.2) is 4.85 Å². The van der Waals surface area contributed by atoms with E-state index in [0.717, 1.165) is 31.6 Å². The second-order valence-electron chi connectivity index (χ2n) is 10.3. The van der Waals surface area contributed by atoms with Crippen molar-refractivity contribution in [1.29, 1.82) is 0 Å². The minimum atomic E-state index is -1.13. The van der Waals surface area contributed by atoms with Gasteiger partial charge in [0.1, 0.15) is 5.54 Å². The lowest BCUT2D eigenvalue weighted by atomic mass is 9.80. The van der Waals surface area contributed by atoms with Crippen molar-refractivity contribution in [3.05, 3.63) is 47.1 Å². The summed E-state index contributed by atoms with van der Waals surface area (Å²) in [6.45, 7) is 11.8. The average Bonchev–Trinajstić information content (AvgIpc) is 3.36. The fourth-order valence-electron chi connectivity index (χ4n) is 4.37. The van der Waals surface area contributed by atoms with Crippen molar-refractivity contribution in [2.24, 2.45) is 5.92 Å². The highest BCUT2D eigenvalue weighted by Gasteiger charge is 2.43. The number of hydrogen-bond donors (Lipinski definition) is 2. The molecule has 12 heteroatoms. The fraction of sp³-hybridized carbons (Fsp3) is 0.556. The van der Waals surface area contributed by atoms with E-state index in [1.807, 2.05) is 32.8 Å². The Labute approximate surface area is 240 Å². The molecule has 2 N–H and O–H groups in total. The smallest absolute Gasteiger partial charge is 0.286 e. The van der Waals surface area contributed by atoms with Crippen molar-refractivity contribution in [3.8, 4) is 0 Å². The zero-order valence-corrected chi connectivity index (χ0v) is 24.5. The highest BCUT2D eigenvalue weighted by atomic mass is 35.5. The van der Waals surface area contributed by atoms with Gasteiger partial charge in [-0.2, -0.15) is 0 Å². The van der Waals surface area contributed by atoms with E-state index in [0.29, 0.717) is 35.7 Å². The largest absolute Gasteiger partial charge is 0.408 e. The number of hydrogen-bond acceptors (Lipinski definition) is 8. The second-order valence-corrected chi connectivity index (χ2v) is 11.3. The van der Waals surface area contributed by atoms with Gasteiger partial charge in [-0.15, -0.1) is 22.6 Å². The van der Waals surface area contributed by atoms with Gasteiger partial charge in [0.25, 0.3) is 17.0 Å². The molecular formula is C27H37ClN6O4S. The van der Waals surface area contributed by atoms with Crippen LogP contribution >= 0.6 is 24.2 Å². The number of aromatic nitrogens is 2. The van der Waals surface area contributed by atoms with E-state index < -0.39 is 17.4 Å². The maximum Gasteiger partial charge on any atom is 0.286 e. The summed E-state index contributed by atoms with van der Waals surface area (Å²) in [4.78, 5) is 45.6. The molecule has 2 amide bonds. The molecule has 2 aromatic rings. The third-order valence-corrected chi connectivity index (χ3v) is 7.26. The van der Waals surface area contributed by atoms with Gasteiger partial charge in [0.2, 0.25) is 11.7 Å². The molecule has 10 nitrogen and oxygen atoms in total. The van der Waals surface area contributed by atoms with E-state index in [-0.39, 0.29) is 36.0 Å². The van der Waals surface area contributed by atoms with Crippen molar-refractivity contribution < 1.29 is 18.8 Å². The summed E-state index contributed by atoms with van der Waals surface area (Å²) >= 11 is 1.37. The maximum atomic E-state index is 13.7. The topological polar surface area (TPSA) is 122 Å². The third kappa shape index (κ3) is 9.05. The van der Waals surface area contributed by atoms with E-state index in [2.05, 4.69) is 25.7 Å². The monoisotopic (exact) mass is 576 g/mol. The fourth-order valence-corrected chi connectivity index (χ4v) is 5.24. The van der Waals surface area contributed by atoms with Crippen molar-refractivity contribution in [3.63, 3.8) is 0 Å². The Balaban J connectivity index is 0.00000533. The second kappa shape index (κ2) is 15.0. The summed E-state index contributed by atoms with van der Waals surface area (Å²) < 4.78 is 5.61. The number of thioether (sulfide) groups is 1. The van der Waals surface area contributed by atoms with Crippen LogP contribution < -0.4 is 10.6 Å². The average molecular weight is 577 g/mol. The number of amides is 2. The predicted molar refractivity (Wildman–Crippen MR) is 153 cm³/mol. The van der Waals surface area contributed by atoms with Gasteiger partial charge in [-0.1, -0.05) is 69.1 Å². The van der Waals surface area contributed by atoms with Crippen LogP contribution in [0.3, 0.4) is 0 Å². The molecule has 1 saturated carbocycles. The van der Waals surface area contributed by atoms with Crippen LogP contribution in [0.2, 0.25) is 0 Å². The van der Waals surface area contributed by atoms with Crippen LogP contribution in [-0.4, -0.2) is 70.7 Å². The van der Waals surface area contributed by atoms with Gasteiger partial charge in [0.15, 0.2) is 5.69 Å². The quantitative estimate of drug-likeness (QED) is 0.214. The number of rotatable bonds is 12. The Morgan fingerprint density at radius 2 is 1.79 bits per heavy atom. The number of ketones is 1. The Morgan fingerprint density at radius 3 is 2.38 bits per heavy atom. The Hall–Kier alpha value is -2.94. The van der Waals surface area contributed by atoms with E-state index >= 15 is 0 Å². The molecule has 0 spiro atoms. The number of halogens is 1. The number of benzene rings is 1. The molecule has 1 unspecified atom stereocenters. The summed E-state index contributed by atoms with van der Waals surface area (Å²) in [7, 11) is 3.94. The van der Waals surface area contributed by atoms with Gasteiger partial charge in [0.05, 0.1) is 12.6 Å². The van der Waals surface area contributed by atoms with Crippen LogP contribution in [0.1, 0.15) is 73.4 Å². The Bertz CT molecular complexity index is 1160. The van der Waals surface area contributed by atoms with Crippen LogP contribution in [-0.2, 0) is 4.79 Å². The first-order valence-electron chi connectivity index (χ1n) is 12.9. The lowest BCUT2D eigenvalue weighted by molar-refractivity contribution is -0.129. The Kier molecular flexibility index (Phi) is 12.4. The summed E-state index contributed by atoms with van der Waals surface area (Å²) in [5.74, 6) is -0.503. The molecule has 1 aromatic heterocycles. The van der Waals surface area contributed by atoms with Crippen molar-refractivity contribution in [2.75, 3.05) is 26.4 Å². The molecule has 1 aromatic carbocycles. The molecule has 0 aliphatic heterocycles. The standard InChI is InChI=1S/C27H36N6O4S.ClH/c1-18(2)17-21(22(34)24-31-32-26(37-24)38-16-15-33(4)5)29-25(36)27(13-7-6-8-14-27)30-23(35)19-9-11-20(28-3)12-10-19;/h9-12,18,21H,6-8,13-17H2,1-2,4-5H3,(H,29,36)(H,30,35);1H. The molecule has 1 atom stereocenters. The molecule has 1 heterocycles. The first kappa shape index (κ1) is 32.3. The van der Waals surface area contributed by atoms with Gasteiger partial charge in [-0.05, 0) is 39.3 Å². The molecule has 0 bridgehead atoms. The number of Topliss-reactive ketones (excluding diaryl/α,β-unsaturated/α-hetero) is 1. The first-order chi connectivity index (χ1) is 18.1. The molecule has 0 radical (unpaired) electrons. The van der Waals surface area contributed by atoms with E-state index in [9.17, 15) is 14.4 Å². The number of carbonyl (C=O) groups is 3. The highest BCUT2D eigenvalue weighted by molar-refractivity contribution is 7.99. The van der Waals surface area contributed by atoms with Crippen LogP contribution in [0.15, 0.2) is 33.9 Å². The minimum absolute atomic E-state index is 0. The molecule has 3 rings (SSSR count). The van der Waals surface area contributed by atoms with Crippen LogP contribution in [0.25, 0.3) is 4.85 Å². The summed E-state index contributed by atoms with van der Waals surface area (Å²) in [6.07, 6.45) is 3.86. The zero-order chi connectivity index (χ0) is 27.7. The molecule has 1 aliphatic carbocycles. The van der Waals surface area contributed by atoms with Gasteiger partial charge < -0.3 is 20.0 Å². The highest BCUT2D eigenvalue weighted by Crippen LogP contribution is 2.30. The summed E-state index contributed by atoms with van der Waals surface area (Å²) in [5, 5.41) is 14.1. The molecule has 1 fully saturated rings. The van der Waals surface area contributed by atoms with E-state index in [4.69, 9.17) is 11.0 Å². The van der Waals surface area contributed by atoms with Gasteiger partial charge >= 0.3 is 0 Å². The summed E-state index contributed by atoms with van der Waals surface area (Å²) in [5.41, 5.74) is -0.331. The van der Waals surface area contributed by atoms with Gasteiger partial charge in [-0.3, -0.25) is 14.4 Å². The minimum Gasteiger partial charge on any atom is -0.408 e.